The molecule has 0 spiro atoms. The fourth-order valence-corrected chi connectivity index (χ4v) is 24.9. The highest BCUT2D eigenvalue weighted by molar-refractivity contribution is 7.99. The zero-order valence-corrected chi connectivity index (χ0v) is 24.8. The number of thioether (sulfide) groups is 1. The first kappa shape index (κ1) is 28.1. The van der Waals surface area contributed by atoms with Crippen LogP contribution in [0.3, 0.4) is 0 Å². The van der Waals surface area contributed by atoms with Crippen molar-refractivity contribution in [3.05, 3.63) is 0 Å². The van der Waals surface area contributed by atoms with Gasteiger partial charge in [0.15, 0.2) is 0 Å². The molecule has 0 radical (unpaired) electrons. The van der Waals surface area contributed by atoms with Gasteiger partial charge in [-0.1, -0.05) is 39.3 Å². The van der Waals surface area contributed by atoms with Crippen LogP contribution in [0.5, 0.6) is 0 Å². The molecule has 0 heterocycles. The zero-order chi connectivity index (χ0) is 21.5. The summed E-state index contributed by atoms with van der Waals surface area (Å²) in [4.78, 5) is 0. The van der Waals surface area contributed by atoms with Crippen molar-refractivity contribution in [2.75, 3.05) is 39.9 Å². The molecule has 0 aromatic carbocycles. The van der Waals surface area contributed by atoms with Crippen molar-refractivity contribution in [3.63, 3.8) is 0 Å². The minimum atomic E-state index is -2.09. The van der Waals surface area contributed by atoms with Gasteiger partial charge in [0, 0.05) is 28.4 Å². The first-order valence-electron chi connectivity index (χ1n) is 10.00. The van der Waals surface area contributed by atoms with E-state index in [1.54, 1.807) is 0 Å². The van der Waals surface area contributed by atoms with Gasteiger partial charge in [-0.05, 0) is 47.8 Å². The third-order valence-corrected chi connectivity index (χ3v) is 26.6. The third kappa shape index (κ3) is 8.37. The molecule has 0 aliphatic heterocycles. The Balaban J connectivity index is 4.85. The zero-order valence-electron chi connectivity index (χ0n) is 20.0. The van der Waals surface area contributed by atoms with Crippen molar-refractivity contribution in [1.29, 1.82) is 0 Å². The first-order valence-corrected chi connectivity index (χ1v) is 23.1. The van der Waals surface area contributed by atoms with Crippen LogP contribution in [0.2, 0.25) is 62.7 Å². The van der Waals surface area contributed by atoms with Gasteiger partial charge in [-0.2, -0.15) is 11.8 Å². The lowest BCUT2D eigenvalue weighted by atomic mass is 10.5. The summed E-state index contributed by atoms with van der Waals surface area (Å²) >= 11 is 2.08. The third-order valence-electron chi connectivity index (χ3n) is 6.08. The Morgan fingerprint density at radius 2 is 0.815 bits per heavy atom. The molecule has 2 unspecified atom stereocenters. The maximum atomic E-state index is 5.91. The summed E-state index contributed by atoms with van der Waals surface area (Å²) in [7, 11) is 0.438. The largest absolute Gasteiger partial charge is 0.398 e. The fourth-order valence-electron chi connectivity index (χ4n) is 4.20. The topological polar surface area (TPSA) is 36.9 Å². The van der Waals surface area contributed by atoms with E-state index in [2.05, 4.69) is 64.1 Å². The molecule has 0 amide bonds. The molecule has 9 heteroatoms. The van der Waals surface area contributed by atoms with Gasteiger partial charge in [-0.15, -0.1) is 0 Å². The normalized spacial score (nSPS) is 16.4. The highest BCUT2D eigenvalue weighted by Gasteiger charge is 2.47. The number of hydrogen-bond acceptors (Lipinski definition) is 5. The highest BCUT2D eigenvalue weighted by Crippen LogP contribution is 2.39. The standard InChI is InChI=1S/C18H46O4SSi4/c1-19-26(11,20-2)17(24(5,6)7)13-15-23-16-14-18(25(8,9)10)27(12,21-3)22-4/h17-18H,13-16H2,1-12H3. The fraction of sp³-hybridized carbons (Fsp3) is 1.00. The highest BCUT2D eigenvalue weighted by atomic mass is 32.2. The molecule has 0 rings (SSSR count). The lowest BCUT2D eigenvalue weighted by molar-refractivity contribution is 0.243. The smallest absolute Gasteiger partial charge is 0.334 e. The Morgan fingerprint density at radius 1 is 0.556 bits per heavy atom. The molecule has 0 saturated heterocycles. The van der Waals surface area contributed by atoms with Crippen molar-refractivity contribution in [2.24, 2.45) is 0 Å². The average Bonchev–Trinajstić information content (AvgIpc) is 2.57. The van der Waals surface area contributed by atoms with Crippen LogP contribution in [0.15, 0.2) is 0 Å². The summed E-state index contributed by atoms with van der Waals surface area (Å²) in [5.74, 6) is 2.36. The van der Waals surface area contributed by atoms with Gasteiger partial charge in [-0.25, -0.2) is 0 Å². The van der Waals surface area contributed by atoms with Crippen LogP contribution in [0.4, 0.5) is 0 Å². The second-order valence-corrected chi connectivity index (χ2v) is 30.2. The van der Waals surface area contributed by atoms with Crippen LogP contribution in [-0.2, 0) is 17.7 Å². The number of hydrogen-bond donors (Lipinski definition) is 0. The maximum Gasteiger partial charge on any atom is 0.334 e. The molecule has 0 saturated carbocycles. The van der Waals surface area contributed by atoms with Crippen molar-refractivity contribution < 1.29 is 17.7 Å². The Kier molecular flexibility index (Phi) is 11.9. The van der Waals surface area contributed by atoms with E-state index in [-0.39, 0.29) is 0 Å². The summed E-state index contributed by atoms with van der Waals surface area (Å²) in [6, 6.07) is 0. The Bertz CT molecular complexity index is 381. The molecule has 0 N–H and O–H groups in total. The van der Waals surface area contributed by atoms with E-state index < -0.39 is 33.3 Å². The monoisotopic (exact) mass is 470 g/mol. The summed E-state index contributed by atoms with van der Waals surface area (Å²) in [6.45, 7) is 19.1. The van der Waals surface area contributed by atoms with E-state index >= 15 is 0 Å². The van der Waals surface area contributed by atoms with E-state index in [1.165, 1.54) is 24.3 Å². The van der Waals surface area contributed by atoms with Gasteiger partial charge < -0.3 is 17.7 Å². The van der Waals surface area contributed by atoms with Crippen LogP contribution in [0.25, 0.3) is 0 Å². The molecule has 27 heavy (non-hydrogen) atoms. The minimum absolute atomic E-state index is 0.609. The molecule has 0 fully saturated rings. The second-order valence-electron chi connectivity index (χ2n) is 9.88. The van der Waals surface area contributed by atoms with E-state index in [1.807, 2.05) is 28.4 Å². The Morgan fingerprint density at radius 3 is 1.00 bits per heavy atom. The maximum absolute atomic E-state index is 5.91. The molecule has 0 aliphatic carbocycles. The lowest BCUT2D eigenvalue weighted by Gasteiger charge is -2.40. The Hall–Kier alpha value is 1.06. The van der Waals surface area contributed by atoms with E-state index in [0.717, 1.165) is 0 Å². The first-order chi connectivity index (χ1) is 12.2. The van der Waals surface area contributed by atoms with Crippen molar-refractivity contribution in [3.8, 4) is 0 Å². The van der Waals surface area contributed by atoms with Gasteiger partial charge in [-0.3, -0.25) is 0 Å². The predicted molar refractivity (Wildman–Crippen MR) is 132 cm³/mol. The second kappa shape index (κ2) is 11.4. The van der Waals surface area contributed by atoms with Crippen molar-refractivity contribution in [1.82, 2.24) is 0 Å². The molecule has 4 nitrogen and oxygen atoms in total. The number of rotatable bonds is 14. The lowest BCUT2D eigenvalue weighted by Crippen LogP contribution is -2.52. The van der Waals surface area contributed by atoms with Crippen LogP contribution in [-0.4, -0.2) is 73.2 Å². The van der Waals surface area contributed by atoms with Crippen LogP contribution in [0, 0.1) is 0 Å². The molecule has 2 atom stereocenters. The summed E-state index contributed by atoms with van der Waals surface area (Å²) in [5, 5.41) is 1.22. The molecule has 0 aliphatic rings. The van der Waals surface area contributed by atoms with Gasteiger partial charge in [0.05, 0.1) is 16.1 Å². The molecular weight excluding hydrogens is 425 g/mol. The van der Waals surface area contributed by atoms with E-state index in [9.17, 15) is 0 Å². The Labute approximate surface area is 178 Å². The minimum Gasteiger partial charge on any atom is -0.398 e. The molecular formula is C18H46O4SSi4. The van der Waals surface area contributed by atoms with Gasteiger partial charge in [0.2, 0.25) is 0 Å². The molecule has 0 aromatic rings. The SMILES string of the molecule is CO[Si](C)(OC)C(CCSCCC([Si](C)(C)C)[Si](C)(OC)OC)[Si](C)(C)C. The quantitative estimate of drug-likeness (QED) is 0.239. The van der Waals surface area contributed by atoms with Gasteiger partial charge >= 0.3 is 17.1 Å². The van der Waals surface area contributed by atoms with E-state index in [0.29, 0.717) is 10.3 Å². The van der Waals surface area contributed by atoms with Crippen LogP contribution < -0.4 is 0 Å². The van der Waals surface area contributed by atoms with Crippen molar-refractivity contribution >= 4 is 45.0 Å². The summed E-state index contributed by atoms with van der Waals surface area (Å²) in [5.41, 5.74) is 0. The van der Waals surface area contributed by atoms with Crippen molar-refractivity contribution in [2.45, 2.75) is 75.5 Å². The summed E-state index contributed by atoms with van der Waals surface area (Å²) in [6.07, 6.45) is 2.40. The molecule has 0 aromatic heterocycles. The molecule has 164 valence electrons. The van der Waals surface area contributed by atoms with Crippen LogP contribution >= 0.6 is 11.8 Å². The molecule has 0 bridgehead atoms. The average molecular weight is 471 g/mol. The van der Waals surface area contributed by atoms with Gasteiger partial charge in [0.25, 0.3) is 0 Å². The van der Waals surface area contributed by atoms with E-state index in [4.69, 9.17) is 17.7 Å². The van der Waals surface area contributed by atoms with Gasteiger partial charge in [0.1, 0.15) is 0 Å². The summed E-state index contributed by atoms with van der Waals surface area (Å²) < 4.78 is 23.6. The predicted octanol–water partition coefficient (Wildman–Crippen LogP) is 5.72. The van der Waals surface area contributed by atoms with Crippen LogP contribution in [0.1, 0.15) is 12.8 Å².